The standard InChI is InChI=1S/C14H16ClNO3/c1-2-3-13(17)16-12(9-19-14(16)18)8-10-4-6-11(15)7-5-10/h4-7,12H,2-3,8-9H2,1H3. The Morgan fingerprint density at radius 3 is 2.74 bits per heavy atom. The number of cyclic esters (lactones) is 1. The zero-order chi connectivity index (χ0) is 13.8. The van der Waals surface area contributed by atoms with Gasteiger partial charge in [0, 0.05) is 11.4 Å². The Kier molecular flexibility index (Phi) is 4.43. The van der Waals surface area contributed by atoms with E-state index in [9.17, 15) is 9.59 Å². The third-order valence-corrected chi connectivity index (χ3v) is 3.33. The number of halogens is 1. The molecular formula is C14H16ClNO3. The van der Waals surface area contributed by atoms with E-state index in [0.717, 1.165) is 12.0 Å². The minimum Gasteiger partial charge on any atom is -0.447 e. The number of nitrogens with zero attached hydrogens (tertiary/aromatic N) is 1. The molecule has 1 aromatic carbocycles. The average Bonchev–Trinajstić information content (AvgIpc) is 2.74. The van der Waals surface area contributed by atoms with E-state index in [0.29, 0.717) is 17.9 Å². The molecule has 4 nitrogen and oxygen atoms in total. The third kappa shape index (κ3) is 3.26. The zero-order valence-electron chi connectivity index (χ0n) is 10.8. The van der Waals surface area contributed by atoms with Crippen LogP contribution in [0.25, 0.3) is 0 Å². The fourth-order valence-electron chi connectivity index (χ4n) is 2.14. The molecule has 1 saturated heterocycles. The quantitative estimate of drug-likeness (QED) is 0.852. The molecule has 1 unspecified atom stereocenters. The van der Waals surface area contributed by atoms with Crippen LogP contribution in [0.2, 0.25) is 5.02 Å². The van der Waals surface area contributed by atoms with Gasteiger partial charge in [-0.3, -0.25) is 4.79 Å². The molecule has 1 aromatic rings. The van der Waals surface area contributed by atoms with Gasteiger partial charge in [0.15, 0.2) is 0 Å². The van der Waals surface area contributed by atoms with E-state index in [1.54, 1.807) is 12.1 Å². The van der Waals surface area contributed by atoms with Gasteiger partial charge in [0.1, 0.15) is 6.61 Å². The van der Waals surface area contributed by atoms with Gasteiger partial charge in [-0.2, -0.15) is 0 Å². The van der Waals surface area contributed by atoms with Gasteiger partial charge in [-0.1, -0.05) is 30.7 Å². The first-order valence-corrected chi connectivity index (χ1v) is 6.73. The summed E-state index contributed by atoms with van der Waals surface area (Å²) in [7, 11) is 0. The lowest BCUT2D eigenvalue weighted by Gasteiger charge is -2.19. The van der Waals surface area contributed by atoms with Crippen LogP contribution < -0.4 is 0 Å². The van der Waals surface area contributed by atoms with Crippen LogP contribution >= 0.6 is 11.6 Å². The zero-order valence-corrected chi connectivity index (χ0v) is 11.5. The third-order valence-electron chi connectivity index (χ3n) is 3.08. The molecule has 0 spiro atoms. The Balaban J connectivity index is 2.08. The predicted molar refractivity (Wildman–Crippen MR) is 72.0 cm³/mol. The molecule has 2 amide bonds. The van der Waals surface area contributed by atoms with E-state index in [-0.39, 0.29) is 18.6 Å². The van der Waals surface area contributed by atoms with Gasteiger partial charge in [-0.25, -0.2) is 9.69 Å². The number of amides is 2. The van der Waals surface area contributed by atoms with Crippen LogP contribution in [0.15, 0.2) is 24.3 Å². The van der Waals surface area contributed by atoms with Gasteiger partial charge < -0.3 is 4.74 Å². The summed E-state index contributed by atoms with van der Waals surface area (Å²) in [6, 6.07) is 7.17. The van der Waals surface area contributed by atoms with Gasteiger partial charge in [0.2, 0.25) is 5.91 Å². The lowest BCUT2D eigenvalue weighted by molar-refractivity contribution is -0.129. The van der Waals surface area contributed by atoms with E-state index < -0.39 is 6.09 Å². The fourth-order valence-corrected chi connectivity index (χ4v) is 2.27. The Hall–Kier alpha value is -1.55. The van der Waals surface area contributed by atoms with Crippen molar-refractivity contribution >= 4 is 23.6 Å². The number of rotatable bonds is 4. The maximum atomic E-state index is 11.9. The van der Waals surface area contributed by atoms with Crippen molar-refractivity contribution in [1.29, 1.82) is 0 Å². The molecule has 0 aromatic heterocycles. The Bertz CT molecular complexity index is 472. The number of carbonyl (C=O) groups is 2. The summed E-state index contributed by atoms with van der Waals surface area (Å²) in [5.74, 6) is -0.163. The van der Waals surface area contributed by atoms with Crippen LogP contribution in [0.4, 0.5) is 4.79 Å². The van der Waals surface area contributed by atoms with Crippen molar-refractivity contribution in [3.63, 3.8) is 0 Å². The molecule has 0 N–H and O–H groups in total. The highest BCUT2D eigenvalue weighted by molar-refractivity contribution is 6.30. The van der Waals surface area contributed by atoms with E-state index in [4.69, 9.17) is 16.3 Å². The van der Waals surface area contributed by atoms with Crippen LogP contribution in [0.5, 0.6) is 0 Å². The van der Waals surface area contributed by atoms with Gasteiger partial charge in [-0.15, -0.1) is 0 Å². The molecule has 1 heterocycles. The first kappa shape index (κ1) is 13.9. The maximum Gasteiger partial charge on any atom is 0.416 e. The van der Waals surface area contributed by atoms with E-state index in [1.807, 2.05) is 19.1 Å². The molecule has 1 aliphatic heterocycles. The summed E-state index contributed by atoms with van der Waals surface area (Å²) in [4.78, 5) is 24.8. The van der Waals surface area contributed by atoms with Crippen LogP contribution in [0.3, 0.4) is 0 Å². The van der Waals surface area contributed by atoms with Crippen molar-refractivity contribution in [1.82, 2.24) is 4.90 Å². The van der Waals surface area contributed by atoms with Crippen LogP contribution in [0, 0.1) is 0 Å². The summed E-state index contributed by atoms with van der Waals surface area (Å²) in [5, 5.41) is 0.668. The van der Waals surface area contributed by atoms with Crippen molar-refractivity contribution in [3.8, 4) is 0 Å². The molecule has 102 valence electrons. The van der Waals surface area contributed by atoms with E-state index in [1.165, 1.54) is 4.90 Å². The average molecular weight is 282 g/mol. The van der Waals surface area contributed by atoms with Crippen LogP contribution in [-0.2, 0) is 16.0 Å². The van der Waals surface area contributed by atoms with Crippen molar-refractivity contribution in [2.75, 3.05) is 6.61 Å². The van der Waals surface area contributed by atoms with Gasteiger partial charge in [0.05, 0.1) is 6.04 Å². The Labute approximate surface area is 117 Å². The predicted octanol–water partition coefficient (Wildman–Crippen LogP) is 3.03. The lowest BCUT2D eigenvalue weighted by atomic mass is 10.1. The number of benzene rings is 1. The molecule has 0 bridgehead atoms. The number of hydrogen-bond acceptors (Lipinski definition) is 3. The fraction of sp³-hybridized carbons (Fsp3) is 0.429. The molecule has 0 saturated carbocycles. The molecule has 5 heteroatoms. The molecule has 2 rings (SSSR count). The highest BCUT2D eigenvalue weighted by atomic mass is 35.5. The highest BCUT2D eigenvalue weighted by Gasteiger charge is 2.37. The topological polar surface area (TPSA) is 46.6 Å². The summed E-state index contributed by atoms with van der Waals surface area (Å²) in [5.41, 5.74) is 1.03. The highest BCUT2D eigenvalue weighted by Crippen LogP contribution is 2.19. The second kappa shape index (κ2) is 6.06. The minimum absolute atomic E-state index is 0.163. The first-order valence-electron chi connectivity index (χ1n) is 6.35. The molecule has 1 fully saturated rings. The molecule has 19 heavy (non-hydrogen) atoms. The van der Waals surface area contributed by atoms with Crippen molar-refractivity contribution in [2.24, 2.45) is 0 Å². The summed E-state index contributed by atoms with van der Waals surface area (Å²) < 4.78 is 4.98. The molecular weight excluding hydrogens is 266 g/mol. The summed E-state index contributed by atoms with van der Waals surface area (Å²) in [6.07, 6.45) is 1.15. The van der Waals surface area contributed by atoms with Crippen molar-refractivity contribution < 1.29 is 14.3 Å². The van der Waals surface area contributed by atoms with Crippen molar-refractivity contribution in [2.45, 2.75) is 32.2 Å². The molecule has 1 aliphatic rings. The molecule has 0 radical (unpaired) electrons. The normalized spacial score (nSPS) is 18.5. The SMILES string of the molecule is CCCC(=O)N1C(=O)OCC1Cc1ccc(Cl)cc1. The first-order chi connectivity index (χ1) is 9.11. The number of imide groups is 1. The van der Waals surface area contributed by atoms with E-state index in [2.05, 4.69) is 0 Å². The van der Waals surface area contributed by atoms with E-state index >= 15 is 0 Å². The number of carbonyl (C=O) groups excluding carboxylic acids is 2. The summed E-state index contributed by atoms with van der Waals surface area (Å²) in [6.45, 7) is 2.17. The smallest absolute Gasteiger partial charge is 0.416 e. The van der Waals surface area contributed by atoms with Crippen LogP contribution in [0.1, 0.15) is 25.3 Å². The van der Waals surface area contributed by atoms with Gasteiger partial charge in [0.25, 0.3) is 0 Å². The van der Waals surface area contributed by atoms with Crippen molar-refractivity contribution in [3.05, 3.63) is 34.9 Å². The molecule has 1 atom stereocenters. The number of hydrogen-bond donors (Lipinski definition) is 0. The van der Waals surface area contributed by atoms with Gasteiger partial charge in [-0.05, 0) is 30.5 Å². The Morgan fingerprint density at radius 2 is 2.11 bits per heavy atom. The second-order valence-corrected chi connectivity index (χ2v) is 5.01. The Morgan fingerprint density at radius 1 is 1.42 bits per heavy atom. The minimum atomic E-state index is -0.530. The summed E-state index contributed by atoms with van der Waals surface area (Å²) >= 11 is 5.83. The lowest BCUT2D eigenvalue weighted by Crippen LogP contribution is -2.40. The van der Waals surface area contributed by atoms with Gasteiger partial charge >= 0.3 is 6.09 Å². The second-order valence-electron chi connectivity index (χ2n) is 4.58. The largest absolute Gasteiger partial charge is 0.447 e. The monoisotopic (exact) mass is 281 g/mol. The number of ether oxygens (including phenoxy) is 1. The maximum absolute atomic E-state index is 11.9. The van der Waals surface area contributed by atoms with Crippen LogP contribution in [-0.4, -0.2) is 29.5 Å². The molecule has 0 aliphatic carbocycles.